The molecule has 0 heterocycles. The number of thioether (sulfide) groups is 1. The van der Waals surface area contributed by atoms with Crippen LogP contribution in [-0.2, 0) is 6.18 Å². The van der Waals surface area contributed by atoms with Crippen molar-refractivity contribution in [1.82, 2.24) is 0 Å². The van der Waals surface area contributed by atoms with E-state index in [9.17, 15) is 18.0 Å². The number of rotatable bonds is 6. The summed E-state index contributed by atoms with van der Waals surface area (Å²) in [5, 5.41) is 12.1. The third-order valence-corrected chi connectivity index (χ3v) is 3.88. The van der Waals surface area contributed by atoms with Gasteiger partial charge in [-0.05, 0) is 30.9 Å². The van der Waals surface area contributed by atoms with Gasteiger partial charge in [0.05, 0.1) is 11.1 Å². The zero-order valence-corrected chi connectivity index (χ0v) is 11.9. The van der Waals surface area contributed by atoms with Crippen molar-refractivity contribution in [2.75, 3.05) is 18.1 Å². The molecule has 112 valence electrons. The molecule has 1 rings (SSSR count). The third kappa shape index (κ3) is 4.63. The van der Waals surface area contributed by atoms with Crippen LogP contribution in [0.2, 0.25) is 0 Å². The molecule has 1 unspecified atom stereocenters. The number of carbonyl (C=O) groups is 1. The van der Waals surface area contributed by atoms with Crippen molar-refractivity contribution in [2.24, 2.45) is 0 Å². The second kappa shape index (κ2) is 6.88. The van der Waals surface area contributed by atoms with Crippen LogP contribution in [0, 0.1) is 0 Å². The average molecular weight is 307 g/mol. The Morgan fingerprint density at radius 1 is 1.45 bits per heavy atom. The Balaban J connectivity index is 2.88. The molecule has 1 atom stereocenters. The van der Waals surface area contributed by atoms with Gasteiger partial charge in [0.25, 0.3) is 0 Å². The number of benzene rings is 1. The molecule has 0 radical (unpaired) electrons. The van der Waals surface area contributed by atoms with Gasteiger partial charge in [0.2, 0.25) is 0 Å². The summed E-state index contributed by atoms with van der Waals surface area (Å²) in [4.78, 5) is 10.8. The van der Waals surface area contributed by atoms with Gasteiger partial charge in [-0.15, -0.1) is 0 Å². The summed E-state index contributed by atoms with van der Waals surface area (Å²) in [5.41, 5.74) is -1.59. The molecular formula is C13H16F3NO2S. The highest BCUT2D eigenvalue weighted by Gasteiger charge is 2.35. The molecular weight excluding hydrogens is 291 g/mol. The summed E-state index contributed by atoms with van der Waals surface area (Å²) in [7, 11) is 0. The van der Waals surface area contributed by atoms with Crippen molar-refractivity contribution < 1.29 is 23.1 Å². The normalized spacial score (nSPS) is 13.1. The Labute approximate surface area is 119 Å². The molecule has 0 aliphatic heterocycles. The minimum atomic E-state index is -4.68. The lowest BCUT2D eigenvalue weighted by atomic mass is 10.1. The summed E-state index contributed by atoms with van der Waals surface area (Å²) in [6.07, 6.45) is -1.91. The first-order chi connectivity index (χ1) is 9.25. The number of aromatic carboxylic acids is 1. The molecule has 0 amide bonds. The highest BCUT2D eigenvalue weighted by molar-refractivity contribution is 7.99. The van der Waals surface area contributed by atoms with Crippen molar-refractivity contribution in [3.63, 3.8) is 0 Å². The van der Waals surface area contributed by atoms with Gasteiger partial charge in [0.15, 0.2) is 0 Å². The van der Waals surface area contributed by atoms with Gasteiger partial charge in [-0.2, -0.15) is 24.9 Å². The van der Waals surface area contributed by atoms with E-state index in [1.54, 1.807) is 11.8 Å². The maximum Gasteiger partial charge on any atom is 0.417 e. The van der Waals surface area contributed by atoms with Crippen LogP contribution in [0.1, 0.15) is 29.3 Å². The molecule has 0 saturated carbocycles. The number of carboxylic acids is 1. The minimum Gasteiger partial charge on any atom is -0.478 e. The molecule has 3 nitrogen and oxygen atoms in total. The second-order valence-electron chi connectivity index (χ2n) is 4.33. The molecule has 7 heteroatoms. The fourth-order valence-corrected chi connectivity index (χ4v) is 1.97. The number of hydrogen-bond acceptors (Lipinski definition) is 3. The molecule has 0 aromatic heterocycles. The van der Waals surface area contributed by atoms with E-state index in [0.717, 1.165) is 18.6 Å². The molecule has 20 heavy (non-hydrogen) atoms. The highest BCUT2D eigenvalue weighted by Crippen LogP contribution is 2.33. The minimum absolute atomic E-state index is 0.274. The van der Waals surface area contributed by atoms with Gasteiger partial charge >= 0.3 is 12.1 Å². The predicted molar refractivity (Wildman–Crippen MR) is 74.5 cm³/mol. The molecule has 0 aliphatic rings. The summed E-state index contributed by atoms with van der Waals surface area (Å²) in [6, 6.07) is 3.17. The second-order valence-corrected chi connectivity index (χ2v) is 5.60. The third-order valence-electron chi connectivity index (χ3n) is 2.84. The van der Waals surface area contributed by atoms with Crippen molar-refractivity contribution >= 4 is 23.4 Å². The first kappa shape index (κ1) is 16.7. The fourth-order valence-electron chi connectivity index (χ4n) is 1.61. The number of hydrogen-bond donors (Lipinski definition) is 2. The van der Waals surface area contributed by atoms with Gasteiger partial charge in [0, 0.05) is 17.5 Å². The van der Waals surface area contributed by atoms with E-state index >= 15 is 0 Å². The van der Waals surface area contributed by atoms with Gasteiger partial charge in [-0.25, -0.2) is 4.79 Å². The van der Waals surface area contributed by atoms with Crippen molar-refractivity contribution in [1.29, 1.82) is 0 Å². The summed E-state index contributed by atoms with van der Waals surface area (Å²) in [6.45, 7) is 2.56. The monoisotopic (exact) mass is 307 g/mol. The summed E-state index contributed by atoms with van der Waals surface area (Å²) < 4.78 is 38.4. The summed E-state index contributed by atoms with van der Waals surface area (Å²) >= 11 is 1.68. The van der Waals surface area contributed by atoms with Crippen molar-refractivity contribution in [2.45, 2.75) is 24.8 Å². The molecule has 1 aromatic carbocycles. The number of nitrogens with one attached hydrogen (secondary N) is 1. The quantitative estimate of drug-likeness (QED) is 0.835. The SMILES string of the molecule is CSC(C)CCNc1ccc(C(=O)O)c(C(F)(F)F)c1. The number of anilines is 1. The Kier molecular flexibility index (Phi) is 5.74. The first-order valence-corrected chi connectivity index (χ1v) is 7.25. The van der Waals surface area contributed by atoms with E-state index in [1.165, 1.54) is 6.07 Å². The van der Waals surface area contributed by atoms with Crippen LogP contribution in [0.3, 0.4) is 0 Å². The Hall–Kier alpha value is -1.37. The van der Waals surface area contributed by atoms with Crippen LogP contribution in [0.25, 0.3) is 0 Å². The maximum atomic E-state index is 12.8. The van der Waals surface area contributed by atoms with E-state index in [-0.39, 0.29) is 5.69 Å². The van der Waals surface area contributed by atoms with Gasteiger partial charge in [0.1, 0.15) is 0 Å². The molecule has 0 saturated heterocycles. The lowest BCUT2D eigenvalue weighted by Gasteiger charge is -2.14. The lowest BCUT2D eigenvalue weighted by molar-refractivity contribution is -0.138. The number of halogens is 3. The maximum absolute atomic E-state index is 12.8. The van der Waals surface area contributed by atoms with Crippen LogP contribution in [-0.4, -0.2) is 29.1 Å². The van der Waals surface area contributed by atoms with Crippen molar-refractivity contribution in [3.8, 4) is 0 Å². The largest absolute Gasteiger partial charge is 0.478 e. The average Bonchev–Trinajstić information content (AvgIpc) is 2.37. The number of alkyl halides is 3. The molecule has 2 N–H and O–H groups in total. The van der Waals surface area contributed by atoms with E-state index < -0.39 is 23.3 Å². The molecule has 1 aromatic rings. The van der Waals surface area contributed by atoms with Gasteiger partial charge < -0.3 is 10.4 Å². The number of carboxylic acid groups (broad SMARTS) is 1. The van der Waals surface area contributed by atoms with Gasteiger partial charge in [-0.1, -0.05) is 6.92 Å². The smallest absolute Gasteiger partial charge is 0.417 e. The van der Waals surface area contributed by atoms with Crippen molar-refractivity contribution in [3.05, 3.63) is 29.3 Å². The summed E-state index contributed by atoms with van der Waals surface area (Å²) in [5.74, 6) is -1.58. The molecule has 0 aliphatic carbocycles. The molecule has 0 spiro atoms. The van der Waals surface area contributed by atoms with Crippen LogP contribution in [0.5, 0.6) is 0 Å². The first-order valence-electron chi connectivity index (χ1n) is 5.97. The van der Waals surface area contributed by atoms with Crippen LogP contribution >= 0.6 is 11.8 Å². The Morgan fingerprint density at radius 3 is 2.60 bits per heavy atom. The van der Waals surface area contributed by atoms with Crippen LogP contribution in [0.4, 0.5) is 18.9 Å². The topological polar surface area (TPSA) is 49.3 Å². The standard InChI is InChI=1S/C13H16F3NO2S/c1-8(20-2)5-6-17-9-3-4-10(12(18)19)11(7-9)13(14,15)16/h3-4,7-8,17H,5-6H2,1-2H3,(H,18,19). The van der Waals surface area contributed by atoms with E-state index in [1.807, 2.05) is 13.2 Å². The van der Waals surface area contributed by atoms with E-state index in [2.05, 4.69) is 5.32 Å². The van der Waals surface area contributed by atoms with E-state index in [4.69, 9.17) is 5.11 Å². The zero-order chi connectivity index (χ0) is 15.3. The predicted octanol–water partition coefficient (Wildman–Crippen LogP) is 3.96. The van der Waals surface area contributed by atoms with E-state index in [0.29, 0.717) is 11.8 Å². The fraction of sp³-hybridized carbons (Fsp3) is 0.462. The van der Waals surface area contributed by atoms with Crippen LogP contribution < -0.4 is 5.32 Å². The zero-order valence-electron chi connectivity index (χ0n) is 11.1. The van der Waals surface area contributed by atoms with Crippen LogP contribution in [0.15, 0.2) is 18.2 Å². The molecule has 0 bridgehead atoms. The Bertz CT molecular complexity index is 477. The highest BCUT2D eigenvalue weighted by atomic mass is 32.2. The van der Waals surface area contributed by atoms with Gasteiger partial charge in [-0.3, -0.25) is 0 Å². The molecule has 0 fully saturated rings. The Morgan fingerprint density at radius 2 is 2.10 bits per heavy atom. The lowest BCUT2D eigenvalue weighted by Crippen LogP contribution is -2.14.